The monoisotopic (exact) mass is 258 g/mol. The van der Waals surface area contributed by atoms with Crippen LogP contribution in [0.4, 0.5) is 13.2 Å². The summed E-state index contributed by atoms with van der Waals surface area (Å²) >= 11 is 0. The Labute approximate surface area is 103 Å². The van der Waals surface area contributed by atoms with E-state index < -0.39 is 11.7 Å². The van der Waals surface area contributed by atoms with Crippen molar-refractivity contribution in [2.24, 2.45) is 5.41 Å². The first-order valence-electron chi connectivity index (χ1n) is 5.56. The van der Waals surface area contributed by atoms with Gasteiger partial charge < -0.3 is 4.74 Å². The minimum Gasteiger partial charge on any atom is -0.492 e. The van der Waals surface area contributed by atoms with Crippen molar-refractivity contribution >= 4 is 5.78 Å². The van der Waals surface area contributed by atoms with E-state index in [2.05, 4.69) is 0 Å². The number of Topliss-reactive ketones (excluding diaryl/α,β-unsaturated/α-hetero) is 1. The van der Waals surface area contributed by atoms with Gasteiger partial charge in [0, 0.05) is 11.8 Å². The summed E-state index contributed by atoms with van der Waals surface area (Å²) in [5, 5.41) is 0. The summed E-state index contributed by atoms with van der Waals surface area (Å²) in [6.45, 7) is 3.93. The number of benzene rings is 1. The Morgan fingerprint density at radius 1 is 1.28 bits per heavy atom. The molecule has 0 amide bonds. The summed E-state index contributed by atoms with van der Waals surface area (Å²) in [7, 11) is 0. The molecular weight excluding hydrogens is 245 g/mol. The summed E-state index contributed by atoms with van der Waals surface area (Å²) in [6, 6.07) is 3.01. The maximum absolute atomic E-state index is 12.6. The second-order valence-electron chi connectivity index (χ2n) is 5.26. The normalized spacial score (nSPS) is 18.8. The summed E-state index contributed by atoms with van der Waals surface area (Å²) in [5.41, 5.74) is -0.934. The van der Waals surface area contributed by atoms with Crippen LogP contribution in [0.1, 0.15) is 36.2 Å². The van der Waals surface area contributed by atoms with Crippen LogP contribution in [-0.2, 0) is 6.18 Å². The molecule has 1 heterocycles. The van der Waals surface area contributed by atoms with Crippen molar-refractivity contribution in [3.63, 3.8) is 0 Å². The van der Waals surface area contributed by atoms with Crippen LogP contribution in [0.2, 0.25) is 0 Å². The number of ketones is 1. The van der Waals surface area contributed by atoms with Crippen LogP contribution in [0, 0.1) is 5.41 Å². The predicted molar refractivity (Wildman–Crippen MR) is 59.7 cm³/mol. The van der Waals surface area contributed by atoms with Crippen molar-refractivity contribution in [2.45, 2.75) is 26.4 Å². The zero-order valence-electron chi connectivity index (χ0n) is 10.1. The lowest BCUT2D eigenvalue weighted by atomic mass is 9.87. The Hall–Kier alpha value is -1.52. The Morgan fingerprint density at radius 3 is 2.56 bits per heavy atom. The molecule has 0 unspecified atom stereocenters. The fourth-order valence-corrected chi connectivity index (χ4v) is 1.90. The van der Waals surface area contributed by atoms with Gasteiger partial charge in [0.25, 0.3) is 0 Å². The molecule has 0 bridgehead atoms. The molecule has 0 atom stereocenters. The minimum atomic E-state index is -4.43. The van der Waals surface area contributed by atoms with Crippen molar-refractivity contribution in [3.8, 4) is 5.75 Å². The lowest BCUT2D eigenvalue weighted by Crippen LogP contribution is -2.21. The van der Waals surface area contributed by atoms with Gasteiger partial charge in [0.2, 0.25) is 0 Å². The molecule has 1 aromatic rings. The number of halogens is 3. The van der Waals surface area contributed by atoms with Gasteiger partial charge in [-0.1, -0.05) is 13.8 Å². The van der Waals surface area contributed by atoms with E-state index in [0.29, 0.717) is 0 Å². The quantitative estimate of drug-likeness (QED) is 0.709. The third-order valence-corrected chi connectivity index (χ3v) is 2.87. The molecule has 18 heavy (non-hydrogen) atoms. The van der Waals surface area contributed by atoms with Crippen LogP contribution in [-0.4, -0.2) is 12.4 Å². The Balaban J connectivity index is 2.44. The largest absolute Gasteiger partial charge is 0.492 e. The minimum absolute atomic E-state index is 0.0281. The van der Waals surface area contributed by atoms with Gasteiger partial charge in [0.05, 0.1) is 17.7 Å². The smallest absolute Gasteiger partial charge is 0.416 e. The molecule has 0 aliphatic carbocycles. The number of carbonyl (C=O) groups excluding carboxylic acids is 1. The van der Waals surface area contributed by atoms with Crippen molar-refractivity contribution in [3.05, 3.63) is 29.3 Å². The van der Waals surface area contributed by atoms with Crippen LogP contribution in [0.15, 0.2) is 18.2 Å². The molecule has 0 saturated heterocycles. The first kappa shape index (κ1) is 12.9. The molecule has 0 radical (unpaired) electrons. The molecule has 98 valence electrons. The van der Waals surface area contributed by atoms with Gasteiger partial charge >= 0.3 is 6.18 Å². The van der Waals surface area contributed by atoms with Crippen molar-refractivity contribution < 1.29 is 22.7 Å². The van der Waals surface area contributed by atoms with Crippen LogP contribution in [0.25, 0.3) is 0 Å². The molecular formula is C13H13F3O2. The molecule has 1 aromatic carbocycles. The van der Waals surface area contributed by atoms with E-state index in [1.54, 1.807) is 0 Å². The molecule has 0 N–H and O–H groups in total. The Morgan fingerprint density at radius 2 is 1.94 bits per heavy atom. The number of hydrogen-bond donors (Lipinski definition) is 0. The van der Waals surface area contributed by atoms with Crippen molar-refractivity contribution in [1.29, 1.82) is 0 Å². The van der Waals surface area contributed by atoms with E-state index in [-0.39, 0.29) is 35.5 Å². The highest BCUT2D eigenvalue weighted by Crippen LogP contribution is 2.37. The lowest BCUT2D eigenvalue weighted by Gasteiger charge is -2.20. The first-order valence-corrected chi connectivity index (χ1v) is 5.56. The fraction of sp³-hybridized carbons (Fsp3) is 0.462. The predicted octanol–water partition coefficient (Wildman–Crippen LogP) is 3.70. The average molecular weight is 258 g/mol. The van der Waals surface area contributed by atoms with Crippen molar-refractivity contribution in [2.75, 3.05) is 6.61 Å². The molecule has 1 aliphatic heterocycles. The zero-order chi connectivity index (χ0) is 13.6. The van der Waals surface area contributed by atoms with E-state index in [9.17, 15) is 18.0 Å². The van der Waals surface area contributed by atoms with E-state index in [0.717, 1.165) is 12.1 Å². The highest BCUT2D eigenvalue weighted by atomic mass is 19.4. The molecule has 0 spiro atoms. The summed E-state index contributed by atoms with van der Waals surface area (Å²) in [4.78, 5) is 11.9. The molecule has 0 aromatic heterocycles. The zero-order valence-corrected chi connectivity index (χ0v) is 10.1. The van der Waals surface area contributed by atoms with Crippen LogP contribution in [0.5, 0.6) is 5.75 Å². The average Bonchev–Trinajstić information content (AvgIpc) is 2.34. The third-order valence-electron chi connectivity index (χ3n) is 2.87. The Bertz CT molecular complexity index is 489. The number of fused-ring (bicyclic) bond motifs is 1. The standard InChI is InChI=1S/C13H13F3O2/c1-12(2)6-10(17)9-4-3-8(13(14,15)16)5-11(9)18-7-12/h3-5H,6-7H2,1-2H3. The van der Waals surface area contributed by atoms with Gasteiger partial charge in [0.15, 0.2) is 5.78 Å². The number of hydrogen-bond acceptors (Lipinski definition) is 2. The number of carbonyl (C=O) groups is 1. The van der Waals surface area contributed by atoms with Gasteiger partial charge in [-0.15, -0.1) is 0 Å². The summed E-state index contributed by atoms with van der Waals surface area (Å²) in [5.74, 6) is -0.151. The molecule has 5 heteroatoms. The maximum atomic E-state index is 12.6. The SMILES string of the molecule is CC1(C)COc2cc(C(F)(F)F)ccc2C(=O)C1. The highest BCUT2D eigenvalue weighted by molar-refractivity contribution is 5.99. The van der Waals surface area contributed by atoms with E-state index >= 15 is 0 Å². The van der Waals surface area contributed by atoms with Crippen LogP contribution >= 0.6 is 0 Å². The van der Waals surface area contributed by atoms with Gasteiger partial charge in [-0.3, -0.25) is 4.79 Å². The topological polar surface area (TPSA) is 26.3 Å². The highest BCUT2D eigenvalue weighted by Gasteiger charge is 2.34. The molecule has 2 rings (SSSR count). The van der Waals surface area contributed by atoms with Gasteiger partial charge in [-0.25, -0.2) is 0 Å². The first-order chi connectivity index (χ1) is 8.19. The molecule has 0 saturated carbocycles. The van der Waals surface area contributed by atoms with Crippen molar-refractivity contribution in [1.82, 2.24) is 0 Å². The van der Waals surface area contributed by atoms with Crippen LogP contribution in [0.3, 0.4) is 0 Å². The van der Waals surface area contributed by atoms with E-state index in [4.69, 9.17) is 4.74 Å². The number of ether oxygens (including phenoxy) is 1. The lowest BCUT2D eigenvalue weighted by molar-refractivity contribution is -0.137. The maximum Gasteiger partial charge on any atom is 0.416 e. The van der Waals surface area contributed by atoms with E-state index in [1.165, 1.54) is 6.07 Å². The third kappa shape index (κ3) is 2.49. The Kier molecular flexibility index (Phi) is 2.87. The molecule has 0 fully saturated rings. The molecule has 2 nitrogen and oxygen atoms in total. The second-order valence-corrected chi connectivity index (χ2v) is 5.26. The fourth-order valence-electron chi connectivity index (χ4n) is 1.90. The van der Waals surface area contributed by atoms with E-state index in [1.807, 2.05) is 13.8 Å². The number of alkyl halides is 3. The van der Waals surface area contributed by atoms with Gasteiger partial charge in [-0.05, 0) is 18.2 Å². The van der Waals surface area contributed by atoms with Crippen LogP contribution < -0.4 is 4.74 Å². The summed E-state index contributed by atoms with van der Waals surface area (Å²) < 4.78 is 43.1. The number of rotatable bonds is 0. The van der Waals surface area contributed by atoms with Gasteiger partial charge in [0.1, 0.15) is 5.75 Å². The molecule has 1 aliphatic rings. The van der Waals surface area contributed by atoms with Gasteiger partial charge in [-0.2, -0.15) is 13.2 Å². The second kappa shape index (κ2) is 4.00. The summed E-state index contributed by atoms with van der Waals surface area (Å²) in [6.07, 6.45) is -4.16.